The van der Waals surface area contributed by atoms with Gasteiger partial charge in [-0.1, -0.05) is 133 Å². The van der Waals surface area contributed by atoms with Crippen molar-refractivity contribution >= 4 is 112 Å². The summed E-state index contributed by atoms with van der Waals surface area (Å²) < 4.78 is 221. The van der Waals surface area contributed by atoms with Gasteiger partial charge in [-0.05, 0) is 121 Å². The van der Waals surface area contributed by atoms with E-state index in [1.54, 1.807) is 56.9 Å². The summed E-state index contributed by atoms with van der Waals surface area (Å²) in [6.45, 7) is 0. The molecule has 0 bridgehead atoms. The molecule has 10 aromatic rings. The largest absolute Gasteiger partial charge is 1.00 e. The number of methoxy groups -OCH3 is 8. The van der Waals surface area contributed by atoms with Gasteiger partial charge in [-0.3, -0.25) is 36.2 Å². The van der Waals surface area contributed by atoms with Crippen LogP contribution in [-0.2, 0) is 65.0 Å². The average molecular weight is 2160 g/mol. The summed E-state index contributed by atoms with van der Waals surface area (Å²) in [7, 11) is -9.81. The normalized spacial score (nSPS) is 10.7. The molecule has 0 aliphatic carbocycles. The van der Waals surface area contributed by atoms with E-state index in [1.165, 1.54) is 0 Å². The monoisotopic (exact) mass is 2150 g/mol. The molecule has 114 heavy (non-hydrogen) atoms. The second-order valence-electron chi connectivity index (χ2n) is 20.4. The molecule has 0 fully saturated rings. The first-order valence-electron chi connectivity index (χ1n) is 31.6. The molecule has 0 saturated heterocycles. The van der Waals surface area contributed by atoms with Crippen LogP contribution in [0.4, 0.5) is 37.7 Å². The van der Waals surface area contributed by atoms with Crippen LogP contribution < -0.4 is 83.0 Å². The molecule has 0 N–H and O–H groups in total. The summed E-state index contributed by atoms with van der Waals surface area (Å²) in [5, 5.41) is 0.389. The van der Waals surface area contributed by atoms with Crippen molar-refractivity contribution in [2.75, 3.05) is 76.4 Å². The number of para-hydroxylation sites is 18. The van der Waals surface area contributed by atoms with Crippen molar-refractivity contribution in [3.05, 3.63) is 255 Å². The van der Waals surface area contributed by atoms with Crippen LogP contribution in [0.3, 0.4) is 0 Å². The molecule has 624 valence electrons. The van der Waals surface area contributed by atoms with E-state index in [4.69, 9.17) is 146 Å². The molecule has 10 rings (SSSR count). The zero-order valence-electron chi connectivity index (χ0n) is 60.7. The summed E-state index contributed by atoms with van der Waals surface area (Å²) in [6, 6.07) is 78.6. The van der Waals surface area contributed by atoms with Crippen LogP contribution in [0.1, 0.15) is 0 Å². The van der Waals surface area contributed by atoms with Gasteiger partial charge in [0.05, 0.1) is 67.6 Å². The predicted octanol–water partition coefficient (Wildman–Crippen LogP) is 20.5. The smallest absolute Gasteiger partial charge is 0.741 e. The molecule has 0 aliphatic rings. The molecule has 0 aliphatic heterocycles. The SMILES string of the molecule is COc1ccccc1O[PH+](Oc1ccccc1OC)N(c1ccccc1)[PH+](Oc1ccccc1OC)Oc1ccccc1OC.COc1ccccc1O[PH+](Oc1ccccc1OC)N(c1ccccc1)[PH+](Oc1ccccc1OC)Oc1ccccc1OC.ClCCl.ClCCl.O=S(=O)([O-])C(F)(F)F.O=S(=O)([O-])C(F)(F)F.[Au+].[Au+]. The average Bonchev–Trinajstić information content (AvgIpc) is 0.797. The Morgan fingerprint density at radius 2 is 0.368 bits per heavy atom. The quantitative estimate of drug-likeness (QED) is 0.0101. The van der Waals surface area contributed by atoms with E-state index in [9.17, 15) is 26.3 Å². The fourth-order valence-corrected chi connectivity index (χ4v) is 16.0. The van der Waals surface area contributed by atoms with E-state index in [0.717, 1.165) is 11.4 Å². The summed E-state index contributed by atoms with van der Waals surface area (Å²) >= 11 is 19.1. The van der Waals surface area contributed by atoms with Crippen molar-refractivity contribution in [3.63, 3.8) is 0 Å². The third-order valence-electron chi connectivity index (χ3n) is 13.5. The first-order valence-corrected chi connectivity index (χ1v) is 41.6. The van der Waals surface area contributed by atoms with E-state index in [-0.39, 0.29) is 55.4 Å². The molecule has 0 heterocycles. The Bertz CT molecular complexity index is 3980. The number of nitrogens with zero attached hydrogens (tertiary/aromatic N) is 2. The van der Waals surface area contributed by atoms with E-state index in [0.29, 0.717) is 92.0 Å². The van der Waals surface area contributed by atoms with Crippen molar-refractivity contribution < 1.29 is 171 Å². The number of hydrogen-bond acceptors (Lipinski definition) is 24. The van der Waals surface area contributed by atoms with Gasteiger partial charge in [0.1, 0.15) is 11.4 Å². The molecule has 0 amide bonds. The van der Waals surface area contributed by atoms with E-state index < -0.39 is 65.4 Å². The minimum absolute atomic E-state index is 0. The van der Waals surface area contributed by atoms with Crippen molar-refractivity contribution in [2.24, 2.45) is 0 Å². The molecule has 24 nitrogen and oxygen atoms in total. The number of anilines is 2. The van der Waals surface area contributed by atoms with Gasteiger partial charge >= 0.3 is 89.9 Å². The number of ether oxygens (including phenoxy) is 8. The van der Waals surface area contributed by atoms with Gasteiger partial charge in [-0.25, -0.2) is 16.8 Å². The Kier molecular flexibility index (Phi) is 46.0. The zero-order valence-corrected chi connectivity index (χ0v) is 73.7. The fraction of sp³-hybridized carbons (Fsp3) is 0.167. The molecular weight excluding hydrogens is 2080 g/mol. The van der Waals surface area contributed by atoms with Gasteiger partial charge in [0.15, 0.2) is 66.2 Å². The molecule has 42 heteroatoms. The minimum atomic E-state index is -6.09. The van der Waals surface area contributed by atoms with E-state index in [1.807, 2.05) is 264 Å². The summed E-state index contributed by atoms with van der Waals surface area (Å²) in [5.41, 5.74) is -9.80. The molecular formula is C72H74Au2Cl4F6N2O22P4S2+4. The number of hydrogen-bond donors (Lipinski definition) is 0. The topological polar surface area (TPSA) is 269 Å². The van der Waals surface area contributed by atoms with Gasteiger partial charge in [-0.15, -0.1) is 46.4 Å². The first kappa shape index (κ1) is 101. The molecule has 0 radical (unpaired) electrons. The van der Waals surface area contributed by atoms with Crippen molar-refractivity contribution in [1.82, 2.24) is 0 Å². The van der Waals surface area contributed by atoms with Gasteiger partial charge in [0.25, 0.3) is 0 Å². The van der Waals surface area contributed by atoms with Crippen LogP contribution >= 0.6 is 80.5 Å². The maximum Gasteiger partial charge on any atom is 1.00 e. The van der Waals surface area contributed by atoms with Crippen LogP contribution in [0.25, 0.3) is 0 Å². The van der Waals surface area contributed by atoms with Crippen molar-refractivity contribution in [1.29, 1.82) is 0 Å². The van der Waals surface area contributed by atoms with Crippen LogP contribution in [0.15, 0.2) is 255 Å². The van der Waals surface area contributed by atoms with Gasteiger partial charge < -0.3 is 47.0 Å². The standard InChI is InChI=1S/2C34H33NO8P2.2CH2Cl2.2CHF3O3S.2Au/c2*1-36-27-18-8-12-22-31(27)40-44(41-32-23-13-9-19-28(32)37-2)35(26-16-6-5-7-17-26)45(42-33-24-14-10-20-29(33)38-3)43-34-25-15-11-21-30(34)39-4;2*2-1-3;2*2-1(3,4)8(5,6)7;;/h2*5-25H,1-4H3;2*1H2;2*(H,5,6,7);;/q;;;;;;2*+1/p+2. The second kappa shape index (κ2) is 52.1. The summed E-state index contributed by atoms with van der Waals surface area (Å²) in [5.74, 6) is 8.24. The minimum Gasteiger partial charge on any atom is -0.741 e. The van der Waals surface area contributed by atoms with E-state index >= 15 is 0 Å². The Balaban J connectivity index is 0.000000461. The Morgan fingerprint density at radius 1 is 0.263 bits per heavy atom. The molecule has 0 atom stereocenters. The van der Waals surface area contributed by atoms with E-state index in [2.05, 4.69) is 0 Å². The Morgan fingerprint density at radius 3 is 0.474 bits per heavy atom. The molecule has 0 spiro atoms. The number of halogens is 10. The Hall–Kier alpha value is -7.64. The number of rotatable bonds is 30. The van der Waals surface area contributed by atoms with Gasteiger partial charge in [-0.2, -0.15) is 26.3 Å². The fourth-order valence-electron chi connectivity index (χ4n) is 8.55. The molecule has 0 unspecified atom stereocenters. The summed E-state index contributed by atoms with van der Waals surface area (Å²) in [4.78, 5) is 0. The Labute approximate surface area is 711 Å². The van der Waals surface area contributed by atoms with Gasteiger partial charge in [0, 0.05) is 8.88 Å². The number of benzene rings is 10. The van der Waals surface area contributed by atoms with Crippen molar-refractivity contribution in [2.45, 2.75) is 11.0 Å². The van der Waals surface area contributed by atoms with Crippen LogP contribution in [0.2, 0.25) is 0 Å². The molecule has 0 saturated carbocycles. The van der Waals surface area contributed by atoms with Crippen molar-refractivity contribution in [3.8, 4) is 92.0 Å². The van der Waals surface area contributed by atoms with Crippen LogP contribution in [0, 0.1) is 0 Å². The van der Waals surface area contributed by atoms with Crippen LogP contribution in [0.5, 0.6) is 92.0 Å². The number of alkyl halides is 10. The maximum absolute atomic E-state index is 10.7. The summed E-state index contributed by atoms with van der Waals surface area (Å²) in [6.07, 6.45) is 0. The second-order valence-corrected chi connectivity index (χ2v) is 31.2. The molecule has 10 aromatic carbocycles. The molecule has 0 aromatic heterocycles. The predicted molar refractivity (Wildman–Crippen MR) is 425 cm³/mol. The zero-order chi connectivity index (χ0) is 82.3. The maximum atomic E-state index is 10.7. The van der Waals surface area contributed by atoms with Crippen LogP contribution in [-0.4, -0.2) is 105 Å². The third kappa shape index (κ3) is 32.1. The third-order valence-corrected chi connectivity index (χ3v) is 22.4. The first-order chi connectivity index (χ1) is 53.6. The van der Waals surface area contributed by atoms with Gasteiger partial charge in [0.2, 0.25) is 46.0 Å².